The van der Waals surface area contributed by atoms with Crippen LogP contribution >= 0.6 is 0 Å². The molecule has 1 amide bonds. The van der Waals surface area contributed by atoms with Gasteiger partial charge in [-0.3, -0.25) is 9.69 Å². The summed E-state index contributed by atoms with van der Waals surface area (Å²) in [5.41, 5.74) is 4.64. The van der Waals surface area contributed by atoms with Crippen molar-refractivity contribution < 1.29 is 4.79 Å². The fourth-order valence-electron chi connectivity index (χ4n) is 3.61. The van der Waals surface area contributed by atoms with Crippen molar-refractivity contribution in [1.82, 2.24) is 10.2 Å². The second-order valence-corrected chi connectivity index (χ2v) is 6.78. The molecule has 0 bridgehead atoms. The molecular weight excluding hydrogens is 308 g/mol. The van der Waals surface area contributed by atoms with Gasteiger partial charge in [0.15, 0.2) is 0 Å². The maximum Gasteiger partial charge on any atom is 0.251 e. The minimum Gasteiger partial charge on any atom is -0.345 e. The average Bonchev–Trinajstić information content (AvgIpc) is 2.67. The number of carbonyl (C=O) groups excluding carboxylic acids is 1. The van der Waals surface area contributed by atoms with Crippen molar-refractivity contribution in [3.8, 4) is 0 Å². The zero-order valence-corrected chi connectivity index (χ0v) is 15.3. The molecule has 0 aliphatic heterocycles. The number of aryl methyl sites for hydroxylation is 1. The van der Waals surface area contributed by atoms with E-state index in [0.717, 1.165) is 44.5 Å². The molecule has 3 heteroatoms. The quantitative estimate of drug-likeness (QED) is 0.851. The van der Waals surface area contributed by atoms with Crippen molar-refractivity contribution in [3.05, 3.63) is 70.8 Å². The predicted octanol–water partition coefficient (Wildman–Crippen LogP) is 4.34. The van der Waals surface area contributed by atoms with Crippen molar-refractivity contribution in [1.29, 1.82) is 0 Å². The molecule has 0 saturated heterocycles. The molecule has 1 atom stereocenters. The van der Waals surface area contributed by atoms with Gasteiger partial charge in [0.1, 0.15) is 0 Å². The zero-order chi connectivity index (χ0) is 17.6. The molecule has 3 rings (SSSR count). The Kier molecular flexibility index (Phi) is 5.87. The fourth-order valence-corrected chi connectivity index (χ4v) is 3.61. The third kappa shape index (κ3) is 4.29. The Morgan fingerprint density at radius 3 is 2.52 bits per heavy atom. The topological polar surface area (TPSA) is 32.3 Å². The fraction of sp³-hybridized carbons (Fsp3) is 0.409. The second kappa shape index (κ2) is 8.30. The van der Waals surface area contributed by atoms with E-state index in [1.54, 1.807) is 0 Å². The van der Waals surface area contributed by atoms with Crippen LogP contribution in [0.2, 0.25) is 0 Å². The Bertz CT molecular complexity index is 704. The Hall–Kier alpha value is -2.13. The van der Waals surface area contributed by atoms with E-state index in [9.17, 15) is 4.79 Å². The van der Waals surface area contributed by atoms with Gasteiger partial charge in [-0.15, -0.1) is 0 Å². The summed E-state index contributed by atoms with van der Waals surface area (Å²) in [5, 5.41) is 3.22. The lowest BCUT2D eigenvalue weighted by molar-refractivity contribution is 0.0932. The lowest BCUT2D eigenvalue weighted by atomic mass is 9.87. The number of benzene rings is 2. The van der Waals surface area contributed by atoms with Gasteiger partial charge in [-0.2, -0.15) is 0 Å². The van der Waals surface area contributed by atoms with Crippen molar-refractivity contribution in [2.24, 2.45) is 0 Å². The van der Waals surface area contributed by atoms with Crippen LogP contribution < -0.4 is 5.32 Å². The Balaban J connectivity index is 1.66. The smallest absolute Gasteiger partial charge is 0.251 e. The zero-order valence-electron chi connectivity index (χ0n) is 15.3. The van der Waals surface area contributed by atoms with Gasteiger partial charge in [0.25, 0.3) is 5.91 Å². The molecule has 0 spiro atoms. The molecule has 1 N–H and O–H groups in total. The number of nitrogens with zero attached hydrogens (tertiary/aromatic N) is 1. The first-order valence-corrected chi connectivity index (χ1v) is 9.41. The van der Waals surface area contributed by atoms with E-state index in [2.05, 4.69) is 60.5 Å². The van der Waals surface area contributed by atoms with Crippen molar-refractivity contribution in [2.75, 3.05) is 13.1 Å². The SMILES string of the molecule is CCN(CC)Cc1ccc(C(=O)NC2CCCc3ccccc32)cc1. The number of carbonyl (C=O) groups is 1. The molecule has 0 heterocycles. The maximum absolute atomic E-state index is 12.6. The highest BCUT2D eigenvalue weighted by Gasteiger charge is 2.21. The minimum absolute atomic E-state index is 0.0242. The molecule has 1 aliphatic rings. The largest absolute Gasteiger partial charge is 0.345 e. The van der Waals surface area contributed by atoms with E-state index in [4.69, 9.17) is 0 Å². The molecule has 0 aromatic heterocycles. The predicted molar refractivity (Wildman–Crippen MR) is 103 cm³/mol. The lowest BCUT2D eigenvalue weighted by Gasteiger charge is -2.26. The first-order chi connectivity index (χ1) is 12.2. The van der Waals surface area contributed by atoms with Crippen LogP contribution in [0.25, 0.3) is 0 Å². The van der Waals surface area contributed by atoms with E-state index < -0.39 is 0 Å². The second-order valence-electron chi connectivity index (χ2n) is 6.78. The Morgan fingerprint density at radius 1 is 1.08 bits per heavy atom. The van der Waals surface area contributed by atoms with Crippen LogP contribution in [0.15, 0.2) is 48.5 Å². The standard InChI is InChI=1S/C22H28N2O/c1-3-24(4-2)16-17-12-14-19(15-13-17)22(25)23-21-11-7-9-18-8-5-6-10-20(18)21/h5-6,8,10,12-15,21H,3-4,7,9,11,16H2,1-2H3,(H,23,25). The summed E-state index contributed by atoms with van der Waals surface area (Å²) in [6.45, 7) is 7.37. The van der Waals surface area contributed by atoms with Crippen molar-refractivity contribution >= 4 is 5.91 Å². The molecular formula is C22H28N2O. The van der Waals surface area contributed by atoms with Gasteiger partial charge in [-0.1, -0.05) is 50.2 Å². The molecule has 132 valence electrons. The van der Waals surface area contributed by atoms with Crippen LogP contribution in [0.4, 0.5) is 0 Å². The number of nitrogens with one attached hydrogen (secondary N) is 1. The van der Waals surface area contributed by atoms with Gasteiger partial charge in [0.2, 0.25) is 0 Å². The number of hydrogen-bond acceptors (Lipinski definition) is 2. The van der Waals surface area contributed by atoms with Crippen molar-refractivity contribution in [2.45, 2.75) is 45.7 Å². The van der Waals surface area contributed by atoms with E-state index in [0.29, 0.717) is 0 Å². The first kappa shape index (κ1) is 17.7. The highest BCUT2D eigenvalue weighted by Crippen LogP contribution is 2.29. The molecule has 2 aromatic rings. The highest BCUT2D eigenvalue weighted by atomic mass is 16.1. The molecule has 1 unspecified atom stereocenters. The molecule has 0 saturated carbocycles. The molecule has 0 radical (unpaired) electrons. The summed E-state index contributed by atoms with van der Waals surface area (Å²) in [7, 11) is 0. The van der Waals surface area contributed by atoms with E-state index in [-0.39, 0.29) is 11.9 Å². The summed E-state index contributed by atoms with van der Waals surface area (Å²) < 4.78 is 0. The summed E-state index contributed by atoms with van der Waals surface area (Å²) in [6.07, 6.45) is 3.26. The Morgan fingerprint density at radius 2 is 1.80 bits per heavy atom. The average molecular weight is 336 g/mol. The summed E-state index contributed by atoms with van der Waals surface area (Å²) >= 11 is 0. The van der Waals surface area contributed by atoms with E-state index in [1.807, 2.05) is 12.1 Å². The number of amides is 1. The third-order valence-electron chi connectivity index (χ3n) is 5.19. The summed E-state index contributed by atoms with van der Waals surface area (Å²) in [4.78, 5) is 15.0. The van der Waals surface area contributed by atoms with Crippen LogP contribution in [0.1, 0.15) is 59.8 Å². The lowest BCUT2D eigenvalue weighted by Crippen LogP contribution is -2.31. The van der Waals surface area contributed by atoms with Crippen LogP contribution in [0.5, 0.6) is 0 Å². The summed E-state index contributed by atoms with van der Waals surface area (Å²) in [5.74, 6) is 0.0242. The molecule has 3 nitrogen and oxygen atoms in total. The van der Waals surface area contributed by atoms with Crippen LogP contribution in [-0.2, 0) is 13.0 Å². The molecule has 1 aliphatic carbocycles. The van der Waals surface area contributed by atoms with E-state index in [1.165, 1.54) is 16.7 Å². The van der Waals surface area contributed by atoms with Gasteiger partial charge in [0, 0.05) is 12.1 Å². The Labute approximate surface area is 151 Å². The number of fused-ring (bicyclic) bond motifs is 1. The number of rotatable bonds is 6. The van der Waals surface area contributed by atoms with Gasteiger partial charge in [-0.25, -0.2) is 0 Å². The van der Waals surface area contributed by atoms with Gasteiger partial charge in [-0.05, 0) is 61.2 Å². The minimum atomic E-state index is 0.0242. The van der Waals surface area contributed by atoms with Crippen LogP contribution in [0, 0.1) is 0 Å². The normalized spacial score (nSPS) is 16.5. The third-order valence-corrected chi connectivity index (χ3v) is 5.19. The van der Waals surface area contributed by atoms with Crippen LogP contribution in [-0.4, -0.2) is 23.9 Å². The number of hydrogen-bond donors (Lipinski definition) is 1. The van der Waals surface area contributed by atoms with Gasteiger partial charge < -0.3 is 5.32 Å². The molecule has 0 fully saturated rings. The van der Waals surface area contributed by atoms with E-state index >= 15 is 0 Å². The highest BCUT2D eigenvalue weighted by molar-refractivity contribution is 5.94. The van der Waals surface area contributed by atoms with Crippen LogP contribution in [0.3, 0.4) is 0 Å². The summed E-state index contributed by atoms with van der Waals surface area (Å²) in [6, 6.07) is 16.6. The van der Waals surface area contributed by atoms with Gasteiger partial charge >= 0.3 is 0 Å². The van der Waals surface area contributed by atoms with Crippen molar-refractivity contribution in [3.63, 3.8) is 0 Å². The molecule has 25 heavy (non-hydrogen) atoms. The monoisotopic (exact) mass is 336 g/mol. The first-order valence-electron chi connectivity index (χ1n) is 9.41. The van der Waals surface area contributed by atoms with Gasteiger partial charge in [0.05, 0.1) is 6.04 Å². The molecule has 2 aromatic carbocycles. The maximum atomic E-state index is 12.6.